The Morgan fingerprint density at radius 2 is 1.60 bits per heavy atom. The van der Waals surface area contributed by atoms with Crippen LogP contribution in [0.15, 0.2) is 48.5 Å². The van der Waals surface area contributed by atoms with Gasteiger partial charge in [-0.1, -0.05) is 42.5 Å². The Kier molecular flexibility index (Phi) is 3.83. The van der Waals surface area contributed by atoms with Crippen LogP contribution in [0.25, 0.3) is 38.4 Å². The normalized spacial score (nSPS) is 17.6. The van der Waals surface area contributed by atoms with Crippen molar-refractivity contribution < 1.29 is 9.84 Å². The molecule has 0 fully saturated rings. The van der Waals surface area contributed by atoms with Crippen LogP contribution in [0, 0.1) is 22.7 Å². The first-order chi connectivity index (χ1) is 14.5. The number of nitriles is 2. The van der Waals surface area contributed by atoms with Gasteiger partial charge in [-0.3, -0.25) is 0 Å². The number of benzene rings is 4. The minimum atomic E-state index is -0.906. The third kappa shape index (κ3) is 2.48. The van der Waals surface area contributed by atoms with Gasteiger partial charge in [0, 0.05) is 17.2 Å². The molecule has 1 unspecified atom stereocenters. The smallest absolute Gasteiger partial charge is 0.119 e. The molecule has 1 aliphatic carbocycles. The minimum Gasteiger partial charge on any atom is -0.497 e. The van der Waals surface area contributed by atoms with E-state index in [9.17, 15) is 15.6 Å². The van der Waals surface area contributed by atoms with Gasteiger partial charge in [0.25, 0.3) is 0 Å². The lowest BCUT2D eigenvalue weighted by molar-refractivity contribution is 0.112. The number of hydrogen-bond acceptors (Lipinski definition) is 4. The molecule has 0 bridgehead atoms. The third-order valence-electron chi connectivity index (χ3n) is 5.98. The molecule has 0 saturated heterocycles. The summed E-state index contributed by atoms with van der Waals surface area (Å²) in [7, 11) is 1.64. The summed E-state index contributed by atoms with van der Waals surface area (Å²) >= 11 is 0. The van der Waals surface area contributed by atoms with Crippen molar-refractivity contribution in [3.05, 3.63) is 70.8 Å². The van der Waals surface area contributed by atoms with Gasteiger partial charge in [-0.05, 0) is 51.7 Å². The number of rotatable bonds is 1. The standard InChI is InChI=1S/C26H18N2O2/c1-26(29)10-9-19-16(12-26)4-7-21-23(14-28)22(13-27)20-6-3-15-11-17(30-2)5-8-18(15)24(20)25(19)21/h3-11,29H,12H2,1-2H3. The molecule has 4 heteroatoms. The summed E-state index contributed by atoms with van der Waals surface area (Å²) in [5, 5.41) is 35.7. The molecular weight excluding hydrogens is 372 g/mol. The van der Waals surface area contributed by atoms with Crippen molar-refractivity contribution in [2.45, 2.75) is 18.9 Å². The molecule has 0 aromatic heterocycles. The molecule has 144 valence electrons. The molecule has 4 aromatic rings. The van der Waals surface area contributed by atoms with Crippen LogP contribution < -0.4 is 4.74 Å². The summed E-state index contributed by atoms with van der Waals surface area (Å²) in [5.74, 6) is 0.762. The largest absolute Gasteiger partial charge is 0.497 e. The lowest BCUT2D eigenvalue weighted by Crippen LogP contribution is -2.26. The SMILES string of the molecule is COc1ccc2c(ccc3c(C#N)c(C#N)c4ccc5c(c4c32)C=CC(C)(O)C5)c1. The zero-order valence-electron chi connectivity index (χ0n) is 16.7. The van der Waals surface area contributed by atoms with Crippen molar-refractivity contribution in [3.8, 4) is 17.9 Å². The average Bonchev–Trinajstić information content (AvgIpc) is 2.75. The fourth-order valence-electron chi connectivity index (χ4n) is 4.61. The highest BCUT2D eigenvalue weighted by molar-refractivity contribution is 6.25. The molecule has 0 heterocycles. The molecule has 5 rings (SSSR count). The average molecular weight is 390 g/mol. The van der Waals surface area contributed by atoms with E-state index < -0.39 is 5.60 Å². The quantitative estimate of drug-likeness (QED) is 0.452. The van der Waals surface area contributed by atoms with Gasteiger partial charge in [0.15, 0.2) is 0 Å². The van der Waals surface area contributed by atoms with Crippen LogP contribution in [0.2, 0.25) is 0 Å². The Bertz CT molecular complexity index is 1500. The molecule has 1 N–H and O–H groups in total. The van der Waals surface area contributed by atoms with Crippen LogP contribution in [0.3, 0.4) is 0 Å². The number of fused-ring (bicyclic) bond motifs is 7. The van der Waals surface area contributed by atoms with Crippen LogP contribution in [0.5, 0.6) is 5.75 Å². The van der Waals surface area contributed by atoms with Crippen LogP contribution in [-0.4, -0.2) is 17.8 Å². The maximum absolute atomic E-state index is 10.5. The highest BCUT2D eigenvalue weighted by atomic mass is 16.5. The molecule has 1 aliphatic rings. The van der Waals surface area contributed by atoms with E-state index in [0.29, 0.717) is 17.5 Å². The van der Waals surface area contributed by atoms with E-state index in [1.165, 1.54) is 0 Å². The second kappa shape index (κ2) is 6.32. The second-order valence-electron chi connectivity index (χ2n) is 7.98. The fourth-order valence-corrected chi connectivity index (χ4v) is 4.61. The van der Waals surface area contributed by atoms with Gasteiger partial charge in [-0.15, -0.1) is 0 Å². The number of methoxy groups -OCH3 is 1. The summed E-state index contributed by atoms with van der Waals surface area (Å²) < 4.78 is 5.38. The molecule has 0 amide bonds. The van der Waals surface area contributed by atoms with Crippen molar-refractivity contribution in [2.24, 2.45) is 0 Å². The third-order valence-corrected chi connectivity index (χ3v) is 5.98. The van der Waals surface area contributed by atoms with Gasteiger partial charge in [-0.2, -0.15) is 10.5 Å². The van der Waals surface area contributed by atoms with E-state index in [2.05, 4.69) is 12.1 Å². The number of aliphatic hydroxyl groups is 1. The Morgan fingerprint density at radius 1 is 0.933 bits per heavy atom. The molecule has 0 spiro atoms. The van der Waals surface area contributed by atoms with Gasteiger partial charge >= 0.3 is 0 Å². The van der Waals surface area contributed by atoms with Gasteiger partial charge in [-0.25, -0.2) is 0 Å². The number of ether oxygens (including phenoxy) is 1. The number of hydrogen-bond donors (Lipinski definition) is 1. The first-order valence-electron chi connectivity index (χ1n) is 9.71. The van der Waals surface area contributed by atoms with E-state index in [-0.39, 0.29) is 0 Å². The van der Waals surface area contributed by atoms with Crippen molar-refractivity contribution in [1.29, 1.82) is 10.5 Å². The molecule has 1 atom stereocenters. The van der Waals surface area contributed by atoms with E-state index in [0.717, 1.165) is 49.2 Å². The molecule has 4 nitrogen and oxygen atoms in total. The summed E-state index contributed by atoms with van der Waals surface area (Å²) in [5.41, 5.74) is 1.89. The summed E-state index contributed by atoms with van der Waals surface area (Å²) in [4.78, 5) is 0. The maximum atomic E-state index is 10.5. The molecule has 0 radical (unpaired) electrons. The van der Waals surface area contributed by atoms with Crippen molar-refractivity contribution >= 4 is 38.4 Å². The fraction of sp³-hybridized carbons (Fsp3) is 0.154. The Labute approximate surface area is 173 Å². The highest BCUT2D eigenvalue weighted by Gasteiger charge is 2.26. The molecule has 4 aromatic carbocycles. The predicted molar refractivity (Wildman–Crippen MR) is 118 cm³/mol. The van der Waals surface area contributed by atoms with Gasteiger partial charge in [0.2, 0.25) is 0 Å². The zero-order chi connectivity index (χ0) is 21.0. The number of nitrogens with zero attached hydrogens (tertiary/aromatic N) is 2. The Morgan fingerprint density at radius 3 is 2.30 bits per heavy atom. The summed E-state index contributed by atoms with van der Waals surface area (Å²) in [6, 6.07) is 18.1. The summed E-state index contributed by atoms with van der Waals surface area (Å²) in [6.45, 7) is 1.79. The predicted octanol–water partition coefficient (Wildman–Crippen LogP) is 5.22. The van der Waals surface area contributed by atoms with E-state index in [4.69, 9.17) is 4.74 Å². The lowest BCUT2D eigenvalue weighted by atomic mass is 9.81. The van der Waals surface area contributed by atoms with Gasteiger partial charge in [0.05, 0.1) is 23.8 Å². The van der Waals surface area contributed by atoms with E-state index in [1.807, 2.05) is 48.5 Å². The van der Waals surface area contributed by atoms with Crippen LogP contribution >= 0.6 is 0 Å². The maximum Gasteiger partial charge on any atom is 0.119 e. The monoisotopic (exact) mass is 390 g/mol. The molecule has 0 aliphatic heterocycles. The van der Waals surface area contributed by atoms with Crippen LogP contribution in [-0.2, 0) is 6.42 Å². The second-order valence-corrected chi connectivity index (χ2v) is 7.98. The van der Waals surface area contributed by atoms with E-state index >= 15 is 0 Å². The summed E-state index contributed by atoms with van der Waals surface area (Å²) in [6.07, 6.45) is 4.24. The van der Waals surface area contributed by atoms with Crippen LogP contribution in [0.4, 0.5) is 0 Å². The Hall–Kier alpha value is -3.86. The van der Waals surface area contributed by atoms with Gasteiger partial charge < -0.3 is 9.84 Å². The molecular formula is C26H18N2O2. The van der Waals surface area contributed by atoms with Crippen LogP contribution in [0.1, 0.15) is 29.2 Å². The van der Waals surface area contributed by atoms with Crippen molar-refractivity contribution in [1.82, 2.24) is 0 Å². The van der Waals surface area contributed by atoms with E-state index in [1.54, 1.807) is 20.1 Å². The minimum absolute atomic E-state index is 0.390. The van der Waals surface area contributed by atoms with Crippen molar-refractivity contribution in [3.63, 3.8) is 0 Å². The Balaban J connectivity index is 2.08. The van der Waals surface area contributed by atoms with Gasteiger partial charge in [0.1, 0.15) is 17.9 Å². The molecule has 0 saturated carbocycles. The molecule has 30 heavy (non-hydrogen) atoms. The first-order valence-corrected chi connectivity index (χ1v) is 9.71. The van der Waals surface area contributed by atoms with Crippen molar-refractivity contribution in [2.75, 3.05) is 7.11 Å². The highest BCUT2D eigenvalue weighted by Crippen LogP contribution is 2.42. The lowest BCUT2D eigenvalue weighted by Gasteiger charge is -2.26. The first kappa shape index (κ1) is 18.2. The topological polar surface area (TPSA) is 77.0 Å². The zero-order valence-corrected chi connectivity index (χ0v) is 16.7.